The van der Waals surface area contributed by atoms with E-state index in [1.165, 1.54) is 14.0 Å². The summed E-state index contributed by atoms with van der Waals surface area (Å²) >= 11 is 6.16. The second-order valence-corrected chi connectivity index (χ2v) is 5.41. The molecule has 0 aliphatic heterocycles. The normalized spacial score (nSPS) is 10.2. The SMILES string of the molecule is CCCN(CCC)C(=O)c1cc(Cl)c(NC(C)=O)cc1OC. The maximum absolute atomic E-state index is 12.7. The molecule has 0 saturated heterocycles. The van der Waals surface area contributed by atoms with Crippen molar-refractivity contribution in [3.8, 4) is 5.75 Å². The van der Waals surface area contributed by atoms with Crippen LogP contribution in [0.15, 0.2) is 12.1 Å². The molecule has 1 N–H and O–H groups in total. The van der Waals surface area contributed by atoms with Crippen molar-refractivity contribution in [3.63, 3.8) is 0 Å². The Balaban J connectivity index is 3.19. The summed E-state index contributed by atoms with van der Waals surface area (Å²) in [5.74, 6) is 0.0498. The lowest BCUT2D eigenvalue weighted by atomic mass is 10.1. The largest absolute Gasteiger partial charge is 0.496 e. The molecule has 0 radical (unpaired) electrons. The Morgan fingerprint density at radius 2 is 1.82 bits per heavy atom. The predicted molar refractivity (Wildman–Crippen MR) is 88.8 cm³/mol. The minimum absolute atomic E-state index is 0.114. The van der Waals surface area contributed by atoms with Gasteiger partial charge >= 0.3 is 0 Å². The second kappa shape index (κ2) is 8.63. The number of carbonyl (C=O) groups is 2. The molecule has 0 aliphatic rings. The van der Waals surface area contributed by atoms with E-state index < -0.39 is 0 Å². The zero-order valence-electron chi connectivity index (χ0n) is 13.5. The van der Waals surface area contributed by atoms with Gasteiger partial charge in [0, 0.05) is 26.1 Å². The number of nitrogens with zero attached hydrogens (tertiary/aromatic N) is 1. The topological polar surface area (TPSA) is 58.6 Å². The van der Waals surface area contributed by atoms with Gasteiger partial charge in [-0.05, 0) is 18.9 Å². The first kappa shape index (κ1) is 18.3. The summed E-state index contributed by atoms with van der Waals surface area (Å²) < 4.78 is 5.29. The molecule has 22 heavy (non-hydrogen) atoms. The average Bonchev–Trinajstić information content (AvgIpc) is 2.47. The summed E-state index contributed by atoms with van der Waals surface area (Å²) in [6.07, 6.45) is 1.76. The van der Waals surface area contributed by atoms with Crippen molar-refractivity contribution in [3.05, 3.63) is 22.7 Å². The molecule has 0 unspecified atom stereocenters. The maximum Gasteiger partial charge on any atom is 0.257 e. The molecule has 0 atom stereocenters. The minimum Gasteiger partial charge on any atom is -0.496 e. The van der Waals surface area contributed by atoms with Crippen LogP contribution in [0.1, 0.15) is 44.0 Å². The van der Waals surface area contributed by atoms with Gasteiger partial charge in [-0.2, -0.15) is 0 Å². The second-order valence-electron chi connectivity index (χ2n) is 5.01. The van der Waals surface area contributed by atoms with E-state index in [0.717, 1.165) is 12.8 Å². The number of carbonyl (C=O) groups excluding carboxylic acids is 2. The first-order valence-electron chi connectivity index (χ1n) is 7.38. The number of nitrogens with one attached hydrogen (secondary N) is 1. The predicted octanol–water partition coefficient (Wildman–Crippen LogP) is 3.57. The third kappa shape index (κ3) is 4.63. The van der Waals surface area contributed by atoms with Crippen LogP contribution in [0.3, 0.4) is 0 Å². The van der Waals surface area contributed by atoms with Crippen molar-refractivity contribution in [2.45, 2.75) is 33.6 Å². The van der Waals surface area contributed by atoms with Crippen LogP contribution in [-0.2, 0) is 4.79 Å². The number of anilines is 1. The number of methoxy groups -OCH3 is 1. The summed E-state index contributed by atoms with van der Waals surface area (Å²) in [6.45, 7) is 6.81. The van der Waals surface area contributed by atoms with Gasteiger partial charge in [-0.3, -0.25) is 9.59 Å². The van der Waals surface area contributed by atoms with Gasteiger partial charge in [0.25, 0.3) is 5.91 Å². The zero-order chi connectivity index (χ0) is 16.7. The van der Waals surface area contributed by atoms with Gasteiger partial charge in [-0.15, -0.1) is 0 Å². The quantitative estimate of drug-likeness (QED) is 0.833. The van der Waals surface area contributed by atoms with Crippen LogP contribution < -0.4 is 10.1 Å². The third-order valence-corrected chi connectivity index (χ3v) is 3.42. The van der Waals surface area contributed by atoms with Crippen LogP contribution in [0.4, 0.5) is 5.69 Å². The summed E-state index contributed by atoms with van der Waals surface area (Å²) in [7, 11) is 1.49. The Kier molecular flexibility index (Phi) is 7.18. The molecular weight excluding hydrogens is 304 g/mol. The average molecular weight is 327 g/mol. The van der Waals surface area contributed by atoms with Gasteiger partial charge < -0.3 is 15.0 Å². The van der Waals surface area contributed by atoms with Crippen molar-refractivity contribution in [2.24, 2.45) is 0 Å². The van der Waals surface area contributed by atoms with E-state index in [9.17, 15) is 9.59 Å². The number of ether oxygens (including phenoxy) is 1. The molecule has 1 aromatic carbocycles. The van der Waals surface area contributed by atoms with E-state index in [0.29, 0.717) is 35.1 Å². The summed E-state index contributed by atoms with van der Waals surface area (Å²) in [4.78, 5) is 25.7. The molecule has 0 aromatic heterocycles. The van der Waals surface area contributed by atoms with Crippen molar-refractivity contribution < 1.29 is 14.3 Å². The molecule has 0 heterocycles. The maximum atomic E-state index is 12.7. The van der Waals surface area contributed by atoms with Gasteiger partial charge in [0.15, 0.2) is 0 Å². The fourth-order valence-electron chi connectivity index (χ4n) is 2.20. The van der Waals surface area contributed by atoms with Crippen molar-refractivity contribution in [2.75, 3.05) is 25.5 Å². The molecule has 0 fully saturated rings. The van der Waals surface area contributed by atoms with Gasteiger partial charge in [-0.25, -0.2) is 0 Å². The van der Waals surface area contributed by atoms with E-state index >= 15 is 0 Å². The molecule has 122 valence electrons. The first-order valence-corrected chi connectivity index (χ1v) is 7.76. The summed E-state index contributed by atoms with van der Waals surface area (Å²) in [5, 5.41) is 2.93. The van der Waals surface area contributed by atoms with Crippen LogP contribution in [0, 0.1) is 0 Å². The van der Waals surface area contributed by atoms with E-state index in [4.69, 9.17) is 16.3 Å². The molecular formula is C16H23ClN2O3. The summed E-state index contributed by atoms with van der Waals surface area (Å²) in [6, 6.07) is 3.12. The molecule has 6 heteroatoms. The number of halogens is 1. The first-order chi connectivity index (χ1) is 10.4. The number of hydrogen-bond acceptors (Lipinski definition) is 3. The van der Waals surface area contributed by atoms with Gasteiger partial charge in [0.1, 0.15) is 5.75 Å². The van der Waals surface area contributed by atoms with E-state index in [-0.39, 0.29) is 11.8 Å². The van der Waals surface area contributed by atoms with Gasteiger partial charge in [0.2, 0.25) is 5.91 Å². The molecule has 1 aromatic rings. The highest BCUT2D eigenvalue weighted by atomic mass is 35.5. The highest BCUT2D eigenvalue weighted by Gasteiger charge is 2.21. The molecule has 1 rings (SSSR count). The number of rotatable bonds is 7. The highest BCUT2D eigenvalue weighted by Crippen LogP contribution is 2.32. The van der Waals surface area contributed by atoms with Gasteiger partial charge in [0.05, 0.1) is 23.4 Å². The Morgan fingerprint density at radius 1 is 1.23 bits per heavy atom. The van der Waals surface area contributed by atoms with Crippen molar-refractivity contribution in [1.82, 2.24) is 4.90 Å². The Bertz CT molecular complexity index is 540. The van der Waals surface area contributed by atoms with E-state index in [2.05, 4.69) is 5.32 Å². The number of hydrogen-bond donors (Lipinski definition) is 1. The fraction of sp³-hybridized carbons (Fsp3) is 0.500. The Hall–Kier alpha value is -1.75. The van der Waals surface area contributed by atoms with Crippen molar-refractivity contribution in [1.29, 1.82) is 0 Å². The van der Waals surface area contributed by atoms with Crippen LogP contribution in [0.5, 0.6) is 5.75 Å². The van der Waals surface area contributed by atoms with Crippen LogP contribution in [0.25, 0.3) is 0 Å². The molecule has 2 amide bonds. The van der Waals surface area contributed by atoms with Crippen LogP contribution in [0.2, 0.25) is 5.02 Å². The molecule has 0 spiro atoms. The fourth-order valence-corrected chi connectivity index (χ4v) is 2.41. The molecule has 5 nitrogen and oxygen atoms in total. The smallest absolute Gasteiger partial charge is 0.257 e. The highest BCUT2D eigenvalue weighted by molar-refractivity contribution is 6.34. The number of amides is 2. The Labute approximate surface area is 136 Å². The zero-order valence-corrected chi connectivity index (χ0v) is 14.3. The lowest BCUT2D eigenvalue weighted by Gasteiger charge is -2.23. The van der Waals surface area contributed by atoms with Gasteiger partial charge in [-0.1, -0.05) is 25.4 Å². The lowest BCUT2D eigenvalue weighted by Crippen LogP contribution is -2.32. The van der Waals surface area contributed by atoms with E-state index in [1.54, 1.807) is 17.0 Å². The van der Waals surface area contributed by atoms with Crippen LogP contribution in [-0.4, -0.2) is 36.9 Å². The number of benzene rings is 1. The lowest BCUT2D eigenvalue weighted by molar-refractivity contribution is -0.114. The van der Waals surface area contributed by atoms with E-state index in [1.807, 2.05) is 13.8 Å². The standard InChI is InChI=1S/C16H23ClN2O3/c1-5-7-19(8-6-2)16(21)12-9-13(17)14(18-11(3)20)10-15(12)22-4/h9-10H,5-8H2,1-4H3,(H,18,20). The summed E-state index contributed by atoms with van der Waals surface area (Å²) in [5.41, 5.74) is 0.837. The minimum atomic E-state index is -0.235. The monoisotopic (exact) mass is 326 g/mol. The third-order valence-electron chi connectivity index (χ3n) is 3.10. The molecule has 0 bridgehead atoms. The Morgan fingerprint density at radius 3 is 2.27 bits per heavy atom. The van der Waals surface area contributed by atoms with Crippen LogP contribution >= 0.6 is 11.6 Å². The molecule has 0 aliphatic carbocycles. The van der Waals surface area contributed by atoms with Crippen molar-refractivity contribution >= 4 is 29.1 Å². The molecule has 0 saturated carbocycles.